The number of hydrogen-bond acceptors (Lipinski definition) is 2. The van der Waals surface area contributed by atoms with Gasteiger partial charge in [-0.15, -0.1) is 0 Å². The standard InChI is InChI=1S/C16H18BrNO/c1-10-4-6-13(11(2)8-10)16(18)14-7-5-12(17)9-15(14)19-3/h4-9,16H,18H2,1-3H3. The highest BCUT2D eigenvalue weighted by Crippen LogP contribution is 2.32. The Morgan fingerprint density at radius 1 is 1.05 bits per heavy atom. The molecule has 2 aromatic rings. The molecule has 1 atom stereocenters. The molecule has 0 aliphatic heterocycles. The number of benzene rings is 2. The Morgan fingerprint density at radius 2 is 1.74 bits per heavy atom. The third-order valence-electron chi connectivity index (χ3n) is 3.29. The van der Waals surface area contributed by atoms with E-state index in [1.54, 1.807) is 7.11 Å². The average Bonchev–Trinajstić information content (AvgIpc) is 2.37. The van der Waals surface area contributed by atoms with Crippen molar-refractivity contribution in [3.8, 4) is 5.75 Å². The topological polar surface area (TPSA) is 35.2 Å². The number of rotatable bonds is 3. The summed E-state index contributed by atoms with van der Waals surface area (Å²) in [5.74, 6) is 0.807. The number of aryl methyl sites for hydroxylation is 2. The fourth-order valence-electron chi connectivity index (χ4n) is 2.28. The van der Waals surface area contributed by atoms with Crippen LogP contribution in [-0.2, 0) is 0 Å². The highest BCUT2D eigenvalue weighted by Gasteiger charge is 2.16. The van der Waals surface area contributed by atoms with E-state index in [2.05, 4.69) is 48.0 Å². The van der Waals surface area contributed by atoms with E-state index in [0.717, 1.165) is 21.3 Å². The first-order valence-electron chi connectivity index (χ1n) is 6.19. The van der Waals surface area contributed by atoms with Crippen molar-refractivity contribution in [3.63, 3.8) is 0 Å². The van der Waals surface area contributed by atoms with Gasteiger partial charge in [0.15, 0.2) is 0 Å². The number of halogens is 1. The Morgan fingerprint density at radius 3 is 2.37 bits per heavy atom. The first-order valence-corrected chi connectivity index (χ1v) is 6.98. The smallest absolute Gasteiger partial charge is 0.125 e. The summed E-state index contributed by atoms with van der Waals surface area (Å²) in [6, 6.07) is 12.1. The monoisotopic (exact) mass is 319 g/mol. The molecule has 2 aromatic carbocycles. The van der Waals surface area contributed by atoms with Gasteiger partial charge in [0, 0.05) is 10.0 Å². The fraction of sp³-hybridized carbons (Fsp3) is 0.250. The number of ether oxygens (including phenoxy) is 1. The maximum absolute atomic E-state index is 6.40. The van der Waals surface area contributed by atoms with Crippen molar-refractivity contribution in [2.45, 2.75) is 19.9 Å². The summed E-state index contributed by atoms with van der Waals surface area (Å²) in [6.07, 6.45) is 0. The molecule has 0 heterocycles. The molecule has 1 unspecified atom stereocenters. The van der Waals surface area contributed by atoms with E-state index in [9.17, 15) is 0 Å². The molecule has 2 N–H and O–H groups in total. The maximum Gasteiger partial charge on any atom is 0.125 e. The Kier molecular flexibility index (Phi) is 4.27. The van der Waals surface area contributed by atoms with Crippen LogP contribution in [0.4, 0.5) is 0 Å². The summed E-state index contributed by atoms with van der Waals surface area (Å²) in [5, 5.41) is 0. The van der Waals surface area contributed by atoms with E-state index >= 15 is 0 Å². The van der Waals surface area contributed by atoms with Gasteiger partial charge in [-0.05, 0) is 37.1 Å². The minimum Gasteiger partial charge on any atom is -0.496 e. The third kappa shape index (κ3) is 2.99. The van der Waals surface area contributed by atoms with Crippen molar-refractivity contribution >= 4 is 15.9 Å². The van der Waals surface area contributed by atoms with E-state index in [-0.39, 0.29) is 6.04 Å². The van der Waals surface area contributed by atoms with E-state index in [4.69, 9.17) is 10.5 Å². The lowest BCUT2D eigenvalue weighted by atomic mass is 9.94. The van der Waals surface area contributed by atoms with E-state index in [1.165, 1.54) is 11.1 Å². The zero-order valence-electron chi connectivity index (χ0n) is 11.4. The van der Waals surface area contributed by atoms with Gasteiger partial charge in [-0.1, -0.05) is 45.8 Å². The van der Waals surface area contributed by atoms with E-state index < -0.39 is 0 Å². The number of nitrogens with two attached hydrogens (primary N) is 1. The van der Waals surface area contributed by atoms with Crippen molar-refractivity contribution in [2.75, 3.05) is 7.11 Å². The molecule has 0 amide bonds. The quantitative estimate of drug-likeness (QED) is 0.923. The predicted octanol–water partition coefficient (Wildman–Crippen LogP) is 4.12. The van der Waals surface area contributed by atoms with Crippen molar-refractivity contribution in [3.05, 3.63) is 63.1 Å². The molecule has 0 saturated heterocycles. The third-order valence-corrected chi connectivity index (χ3v) is 3.78. The Balaban J connectivity index is 2.46. The molecule has 2 nitrogen and oxygen atoms in total. The molecule has 3 heteroatoms. The molecular formula is C16H18BrNO. The second-order valence-corrected chi connectivity index (χ2v) is 5.64. The van der Waals surface area contributed by atoms with Crippen LogP contribution in [-0.4, -0.2) is 7.11 Å². The van der Waals surface area contributed by atoms with Crippen LogP contribution >= 0.6 is 15.9 Å². The minimum absolute atomic E-state index is 0.177. The van der Waals surface area contributed by atoms with Crippen LogP contribution in [0.5, 0.6) is 5.75 Å². The van der Waals surface area contributed by atoms with Gasteiger partial charge >= 0.3 is 0 Å². The van der Waals surface area contributed by atoms with Crippen LogP contribution in [0.15, 0.2) is 40.9 Å². The molecule has 2 rings (SSSR count). The summed E-state index contributed by atoms with van der Waals surface area (Å²) in [4.78, 5) is 0. The summed E-state index contributed by atoms with van der Waals surface area (Å²) < 4.78 is 6.41. The first kappa shape index (κ1) is 14.1. The fourth-order valence-corrected chi connectivity index (χ4v) is 2.62. The van der Waals surface area contributed by atoms with Gasteiger partial charge in [-0.25, -0.2) is 0 Å². The maximum atomic E-state index is 6.40. The van der Waals surface area contributed by atoms with Gasteiger partial charge in [-0.2, -0.15) is 0 Å². The second-order valence-electron chi connectivity index (χ2n) is 4.72. The largest absolute Gasteiger partial charge is 0.496 e. The predicted molar refractivity (Wildman–Crippen MR) is 82.6 cm³/mol. The van der Waals surface area contributed by atoms with Gasteiger partial charge in [-0.3, -0.25) is 0 Å². The van der Waals surface area contributed by atoms with Crippen molar-refractivity contribution in [1.82, 2.24) is 0 Å². The van der Waals surface area contributed by atoms with Gasteiger partial charge in [0.25, 0.3) is 0 Å². The van der Waals surface area contributed by atoms with Crippen molar-refractivity contribution in [2.24, 2.45) is 5.73 Å². The van der Waals surface area contributed by atoms with Gasteiger partial charge in [0.1, 0.15) is 5.75 Å². The molecule has 0 aromatic heterocycles. The highest BCUT2D eigenvalue weighted by atomic mass is 79.9. The first-order chi connectivity index (χ1) is 9.02. The lowest BCUT2D eigenvalue weighted by molar-refractivity contribution is 0.407. The lowest BCUT2D eigenvalue weighted by Gasteiger charge is -2.18. The highest BCUT2D eigenvalue weighted by molar-refractivity contribution is 9.10. The van der Waals surface area contributed by atoms with Crippen LogP contribution in [0.3, 0.4) is 0 Å². The lowest BCUT2D eigenvalue weighted by Crippen LogP contribution is -2.14. The van der Waals surface area contributed by atoms with Crippen LogP contribution in [0.2, 0.25) is 0 Å². The summed E-state index contributed by atoms with van der Waals surface area (Å²) in [5.41, 5.74) is 11.0. The molecule has 0 aliphatic carbocycles. The molecule has 19 heavy (non-hydrogen) atoms. The zero-order valence-corrected chi connectivity index (χ0v) is 13.0. The molecular weight excluding hydrogens is 302 g/mol. The molecule has 0 fully saturated rings. The van der Waals surface area contributed by atoms with Crippen molar-refractivity contribution < 1.29 is 4.74 Å². The Labute approximate surface area is 122 Å². The SMILES string of the molecule is COc1cc(Br)ccc1C(N)c1ccc(C)cc1C. The molecule has 0 spiro atoms. The van der Waals surface area contributed by atoms with Gasteiger partial charge < -0.3 is 10.5 Å². The molecule has 0 bridgehead atoms. The van der Waals surface area contributed by atoms with Gasteiger partial charge in [0.05, 0.1) is 13.2 Å². The van der Waals surface area contributed by atoms with Crippen LogP contribution in [0.1, 0.15) is 28.3 Å². The summed E-state index contributed by atoms with van der Waals surface area (Å²) in [6.45, 7) is 4.18. The number of methoxy groups -OCH3 is 1. The van der Waals surface area contributed by atoms with Crippen LogP contribution < -0.4 is 10.5 Å². The van der Waals surface area contributed by atoms with Gasteiger partial charge in [0.2, 0.25) is 0 Å². The number of hydrogen-bond donors (Lipinski definition) is 1. The normalized spacial score (nSPS) is 12.3. The zero-order chi connectivity index (χ0) is 14.0. The van der Waals surface area contributed by atoms with Crippen molar-refractivity contribution in [1.29, 1.82) is 0 Å². The molecule has 100 valence electrons. The molecule has 0 aliphatic rings. The Hall–Kier alpha value is -1.32. The second kappa shape index (κ2) is 5.76. The summed E-state index contributed by atoms with van der Waals surface area (Å²) >= 11 is 3.45. The van der Waals surface area contributed by atoms with Crippen LogP contribution in [0, 0.1) is 13.8 Å². The average molecular weight is 320 g/mol. The Bertz CT molecular complexity index is 595. The summed E-state index contributed by atoms with van der Waals surface area (Å²) in [7, 11) is 1.67. The van der Waals surface area contributed by atoms with Crippen LogP contribution in [0.25, 0.3) is 0 Å². The minimum atomic E-state index is -0.177. The molecule has 0 saturated carbocycles. The van der Waals surface area contributed by atoms with E-state index in [0.29, 0.717) is 0 Å². The molecule has 0 radical (unpaired) electrons. The van der Waals surface area contributed by atoms with E-state index in [1.807, 2.05) is 18.2 Å².